The smallest absolute Gasteiger partial charge is 0.227 e. The van der Waals surface area contributed by atoms with Crippen LogP contribution in [0.5, 0.6) is 0 Å². The van der Waals surface area contributed by atoms with Gasteiger partial charge in [0.1, 0.15) is 5.82 Å². The minimum Gasteiger partial charge on any atom is -0.342 e. The molecule has 1 aromatic rings. The lowest BCUT2D eigenvalue weighted by molar-refractivity contribution is -0.133. The predicted octanol–water partition coefficient (Wildman–Crippen LogP) is 2.25. The number of hydrogen-bond acceptors (Lipinski definition) is 2. The summed E-state index contributed by atoms with van der Waals surface area (Å²) in [6.45, 7) is 3.52. The third kappa shape index (κ3) is 3.95. The van der Waals surface area contributed by atoms with Crippen molar-refractivity contribution in [2.24, 2.45) is 11.8 Å². The molecule has 2 heterocycles. The van der Waals surface area contributed by atoms with Gasteiger partial charge in [0, 0.05) is 19.6 Å². The number of likely N-dealkylation sites (tertiary alicyclic amines) is 1. The maximum atomic E-state index is 12.9. The van der Waals surface area contributed by atoms with Crippen molar-refractivity contribution < 1.29 is 9.18 Å². The topological polar surface area (TPSA) is 32.3 Å². The summed E-state index contributed by atoms with van der Waals surface area (Å²) in [6.07, 6.45) is 2.97. The van der Waals surface area contributed by atoms with Crippen LogP contribution in [-0.4, -0.2) is 37.0 Å². The van der Waals surface area contributed by atoms with Crippen LogP contribution in [0.15, 0.2) is 24.3 Å². The number of carbonyl (C=O) groups excluding carboxylic acids is 1. The molecule has 2 aliphatic heterocycles. The van der Waals surface area contributed by atoms with Gasteiger partial charge >= 0.3 is 0 Å². The molecule has 0 saturated carbocycles. The SMILES string of the molecule is Cl.O=C(C1CCNC1)N1CCC(Cc2ccc(F)cc2)C1. The standard InChI is InChI=1S/C16H21FN2O.ClH/c17-15-3-1-12(2-4-15)9-13-6-8-19(11-13)16(20)14-5-7-18-10-14;/h1-4,13-14,18H,5-11H2;1H. The van der Waals surface area contributed by atoms with Crippen LogP contribution in [0.1, 0.15) is 18.4 Å². The number of carbonyl (C=O) groups is 1. The van der Waals surface area contributed by atoms with E-state index in [-0.39, 0.29) is 24.1 Å². The summed E-state index contributed by atoms with van der Waals surface area (Å²) in [5.74, 6) is 0.820. The summed E-state index contributed by atoms with van der Waals surface area (Å²) >= 11 is 0. The second kappa shape index (κ2) is 7.23. The van der Waals surface area contributed by atoms with Crippen LogP contribution in [0.3, 0.4) is 0 Å². The minimum atomic E-state index is -0.189. The van der Waals surface area contributed by atoms with Gasteiger partial charge in [-0.3, -0.25) is 4.79 Å². The van der Waals surface area contributed by atoms with Gasteiger partial charge in [-0.25, -0.2) is 4.39 Å². The molecule has 0 aromatic heterocycles. The van der Waals surface area contributed by atoms with Gasteiger partial charge in [-0.05, 0) is 49.4 Å². The molecular weight excluding hydrogens is 291 g/mol. The average molecular weight is 313 g/mol. The summed E-state index contributed by atoms with van der Waals surface area (Å²) in [4.78, 5) is 14.3. The van der Waals surface area contributed by atoms with Crippen molar-refractivity contribution in [2.45, 2.75) is 19.3 Å². The summed E-state index contributed by atoms with van der Waals surface area (Å²) in [5.41, 5.74) is 1.16. The largest absolute Gasteiger partial charge is 0.342 e. The Balaban J connectivity index is 0.00000161. The lowest BCUT2D eigenvalue weighted by Crippen LogP contribution is -2.35. The van der Waals surface area contributed by atoms with Gasteiger partial charge in [-0.15, -0.1) is 12.4 Å². The molecule has 0 spiro atoms. The van der Waals surface area contributed by atoms with Crippen LogP contribution < -0.4 is 5.32 Å². The zero-order valence-corrected chi connectivity index (χ0v) is 12.9. The molecule has 0 aliphatic carbocycles. The van der Waals surface area contributed by atoms with Gasteiger partial charge in [0.25, 0.3) is 0 Å². The Kier molecular flexibility index (Phi) is 5.59. The van der Waals surface area contributed by atoms with E-state index in [0.29, 0.717) is 11.8 Å². The molecule has 5 heteroatoms. The quantitative estimate of drug-likeness (QED) is 0.928. The van der Waals surface area contributed by atoms with Crippen molar-refractivity contribution >= 4 is 18.3 Å². The molecule has 1 amide bonds. The molecule has 2 fully saturated rings. The number of benzene rings is 1. The molecule has 2 atom stereocenters. The van der Waals surface area contributed by atoms with Gasteiger partial charge in [-0.1, -0.05) is 12.1 Å². The molecule has 3 rings (SSSR count). The number of nitrogens with zero attached hydrogens (tertiary/aromatic N) is 1. The van der Waals surface area contributed by atoms with Gasteiger partial charge in [0.2, 0.25) is 5.91 Å². The Hall–Kier alpha value is -1.13. The highest BCUT2D eigenvalue weighted by Crippen LogP contribution is 2.23. The minimum absolute atomic E-state index is 0. The van der Waals surface area contributed by atoms with Crippen LogP contribution in [0.4, 0.5) is 4.39 Å². The van der Waals surface area contributed by atoms with E-state index in [1.807, 2.05) is 17.0 Å². The fourth-order valence-corrected chi connectivity index (χ4v) is 3.28. The maximum absolute atomic E-state index is 12.9. The molecule has 1 N–H and O–H groups in total. The first kappa shape index (κ1) is 16.2. The number of hydrogen-bond donors (Lipinski definition) is 1. The molecule has 2 aliphatic rings. The van der Waals surface area contributed by atoms with Crippen LogP contribution in [0, 0.1) is 17.7 Å². The van der Waals surface area contributed by atoms with Gasteiger partial charge in [0.15, 0.2) is 0 Å². The molecule has 1 aromatic carbocycles. The molecule has 116 valence electrons. The van der Waals surface area contributed by atoms with E-state index in [4.69, 9.17) is 0 Å². The molecule has 3 nitrogen and oxygen atoms in total. The number of halogens is 2. The lowest BCUT2D eigenvalue weighted by Gasteiger charge is -2.20. The van der Waals surface area contributed by atoms with E-state index in [0.717, 1.165) is 51.0 Å². The van der Waals surface area contributed by atoms with Crippen molar-refractivity contribution in [1.82, 2.24) is 10.2 Å². The molecule has 21 heavy (non-hydrogen) atoms. The summed E-state index contributed by atoms with van der Waals surface area (Å²) < 4.78 is 12.9. The first-order chi connectivity index (χ1) is 9.72. The Bertz CT molecular complexity index is 474. The van der Waals surface area contributed by atoms with E-state index in [1.165, 1.54) is 12.1 Å². The first-order valence-electron chi connectivity index (χ1n) is 7.46. The van der Waals surface area contributed by atoms with Gasteiger partial charge in [-0.2, -0.15) is 0 Å². The van der Waals surface area contributed by atoms with Crippen LogP contribution >= 0.6 is 12.4 Å². The molecule has 0 bridgehead atoms. The Morgan fingerprint density at radius 1 is 1.29 bits per heavy atom. The van der Waals surface area contributed by atoms with Crippen LogP contribution in [-0.2, 0) is 11.2 Å². The number of amides is 1. The lowest BCUT2D eigenvalue weighted by atomic mass is 9.99. The monoisotopic (exact) mass is 312 g/mol. The van der Waals surface area contributed by atoms with Crippen molar-refractivity contribution in [3.05, 3.63) is 35.6 Å². The molecule has 0 radical (unpaired) electrons. The van der Waals surface area contributed by atoms with E-state index < -0.39 is 0 Å². The van der Waals surface area contributed by atoms with E-state index in [2.05, 4.69) is 5.32 Å². The summed E-state index contributed by atoms with van der Waals surface area (Å²) in [5, 5.41) is 3.25. The van der Waals surface area contributed by atoms with Crippen molar-refractivity contribution in [3.63, 3.8) is 0 Å². The van der Waals surface area contributed by atoms with E-state index >= 15 is 0 Å². The fraction of sp³-hybridized carbons (Fsp3) is 0.562. The van der Waals surface area contributed by atoms with Crippen molar-refractivity contribution in [1.29, 1.82) is 0 Å². The van der Waals surface area contributed by atoms with Gasteiger partial charge in [0.05, 0.1) is 5.92 Å². The molecular formula is C16H22ClFN2O. The van der Waals surface area contributed by atoms with Crippen molar-refractivity contribution in [3.8, 4) is 0 Å². The zero-order chi connectivity index (χ0) is 13.9. The predicted molar refractivity (Wildman–Crippen MR) is 83.0 cm³/mol. The van der Waals surface area contributed by atoms with Crippen LogP contribution in [0.2, 0.25) is 0 Å². The second-order valence-corrected chi connectivity index (χ2v) is 5.96. The van der Waals surface area contributed by atoms with Crippen molar-refractivity contribution in [2.75, 3.05) is 26.2 Å². The summed E-state index contributed by atoms with van der Waals surface area (Å²) in [7, 11) is 0. The molecule has 2 unspecified atom stereocenters. The van der Waals surface area contributed by atoms with E-state index in [9.17, 15) is 9.18 Å². The number of rotatable bonds is 3. The van der Waals surface area contributed by atoms with Crippen LogP contribution in [0.25, 0.3) is 0 Å². The third-order valence-electron chi connectivity index (χ3n) is 4.44. The Labute approximate surface area is 131 Å². The summed E-state index contributed by atoms with van der Waals surface area (Å²) in [6, 6.07) is 6.72. The first-order valence-corrected chi connectivity index (χ1v) is 7.46. The second-order valence-electron chi connectivity index (χ2n) is 5.96. The molecule has 2 saturated heterocycles. The Morgan fingerprint density at radius 3 is 2.71 bits per heavy atom. The Morgan fingerprint density at radius 2 is 2.05 bits per heavy atom. The number of nitrogens with one attached hydrogen (secondary N) is 1. The third-order valence-corrected chi connectivity index (χ3v) is 4.44. The highest BCUT2D eigenvalue weighted by atomic mass is 35.5. The fourth-order valence-electron chi connectivity index (χ4n) is 3.28. The maximum Gasteiger partial charge on any atom is 0.227 e. The van der Waals surface area contributed by atoms with Gasteiger partial charge < -0.3 is 10.2 Å². The highest BCUT2D eigenvalue weighted by molar-refractivity contribution is 5.85. The normalized spacial score (nSPS) is 24.9. The zero-order valence-electron chi connectivity index (χ0n) is 12.1. The van der Waals surface area contributed by atoms with E-state index in [1.54, 1.807) is 0 Å². The average Bonchev–Trinajstić information content (AvgIpc) is 3.12. The highest BCUT2D eigenvalue weighted by Gasteiger charge is 2.32.